The van der Waals surface area contributed by atoms with E-state index >= 15 is 0 Å². The molecule has 0 aliphatic carbocycles. The van der Waals surface area contributed by atoms with E-state index < -0.39 is 6.04 Å². The number of hydrogen-bond acceptors (Lipinski definition) is 7. The molecule has 0 saturated carbocycles. The second-order valence-corrected chi connectivity index (χ2v) is 8.15. The summed E-state index contributed by atoms with van der Waals surface area (Å²) in [4.78, 5) is 18.6. The topological polar surface area (TPSA) is 118 Å². The number of carbonyl (C=O) groups is 1. The van der Waals surface area contributed by atoms with Gasteiger partial charge in [0.25, 0.3) is 5.89 Å². The molecule has 3 aromatic rings. The number of rotatable bonds is 5. The number of carbonyl (C=O) groups excluding carboxylic acids is 1. The Morgan fingerprint density at radius 1 is 1.27 bits per heavy atom. The molecule has 1 aliphatic rings. The van der Waals surface area contributed by atoms with Gasteiger partial charge in [-0.2, -0.15) is 10.2 Å². The number of hydrogen-bond donors (Lipinski definition) is 1. The maximum Gasteiger partial charge on any atom is 0.258 e. The monoisotopic (exact) mass is 467 g/mol. The van der Waals surface area contributed by atoms with Crippen LogP contribution in [0.15, 0.2) is 40.9 Å². The van der Waals surface area contributed by atoms with E-state index in [0.717, 1.165) is 16.7 Å². The van der Waals surface area contributed by atoms with Crippen molar-refractivity contribution in [2.75, 3.05) is 6.54 Å². The molecule has 0 unspecified atom stereocenters. The molecule has 2 N–H and O–H groups in total. The van der Waals surface area contributed by atoms with Gasteiger partial charge in [0.05, 0.1) is 17.7 Å². The van der Waals surface area contributed by atoms with Crippen LogP contribution in [0.25, 0.3) is 22.8 Å². The number of nitrogens with two attached hydrogens (primary N) is 1. The average Bonchev–Trinajstić information content (AvgIpc) is 3.27. The van der Waals surface area contributed by atoms with Crippen LogP contribution in [-0.4, -0.2) is 39.6 Å². The van der Waals surface area contributed by atoms with E-state index in [0.29, 0.717) is 48.1 Å². The minimum absolute atomic E-state index is 0. The third-order valence-electron chi connectivity index (χ3n) is 5.34. The Bertz CT molecular complexity index is 1200. The molecule has 0 saturated heterocycles. The minimum atomic E-state index is -0.518. The number of nitriles is 1. The third-order valence-corrected chi connectivity index (χ3v) is 5.34. The highest BCUT2D eigenvalue weighted by molar-refractivity contribution is 5.85. The highest BCUT2D eigenvalue weighted by atomic mass is 35.5. The molecule has 2 aromatic carbocycles. The Labute approximate surface area is 198 Å². The third kappa shape index (κ3) is 5.00. The Morgan fingerprint density at radius 2 is 2.06 bits per heavy atom. The molecule has 0 fully saturated rings. The molecule has 1 aromatic heterocycles. The molecule has 1 atom stereocenters. The minimum Gasteiger partial charge on any atom is -0.490 e. The fraction of sp³-hybridized carbons (Fsp3) is 0.333. The molecule has 1 aliphatic heterocycles. The van der Waals surface area contributed by atoms with Crippen LogP contribution in [-0.2, 0) is 17.8 Å². The second-order valence-electron chi connectivity index (χ2n) is 8.15. The highest BCUT2D eigenvalue weighted by Gasteiger charge is 2.26. The number of nitrogens with zero attached hydrogens (tertiary/aromatic N) is 4. The summed E-state index contributed by atoms with van der Waals surface area (Å²) in [7, 11) is 0. The fourth-order valence-corrected chi connectivity index (χ4v) is 3.85. The van der Waals surface area contributed by atoms with Crippen LogP contribution in [0.1, 0.15) is 37.5 Å². The maximum atomic E-state index is 12.3. The first kappa shape index (κ1) is 24.2. The molecule has 8 nitrogen and oxygen atoms in total. The number of halogens is 1. The van der Waals surface area contributed by atoms with Crippen molar-refractivity contribution in [3.05, 3.63) is 53.1 Å². The van der Waals surface area contributed by atoms with Crippen molar-refractivity contribution >= 4 is 18.3 Å². The smallest absolute Gasteiger partial charge is 0.258 e. The van der Waals surface area contributed by atoms with Gasteiger partial charge in [-0.1, -0.05) is 23.4 Å². The zero-order valence-corrected chi connectivity index (χ0v) is 19.6. The Balaban J connectivity index is 0.00000306. The number of ether oxygens (including phenoxy) is 1. The lowest BCUT2D eigenvalue weighted by Gasteiger charge is -2.30. The van der Waals surface area contributed by atoms with Gasteiger partial charge in [-0.15, -0.1) is 12.4 Å². The summed E-state index contributed by atoms with van der Waals surface area (Å²) < 4.78 is 11.2. The number of fused-ring (bicyclic) bond motifs is 1. The van der Waals surface area contributed by atoms with Crippen LogP contribution >= 0.6 is 12.4 Å². The van der Waals surface area contributed by atoms with E-state index in [-0.39, 0.29) is 24.4 Å². The summed E-state index contributed by atoms with van der Waals surface area (Å²) >= 11 is 0. The van der Waals surface area contributed by atoms with Crippen LogP contribution < -0.4 is 10.5 Å². The van der Waals surface area contributed by atoms with E-state index in [9.17, 15) is 10.1 Å². The predicted molar refractivity (Wildman–Crippen MR) is 126 cm³/mol. The molecule has 0 radical (unpaired) electrons. The first-order chi connectivity index (χ1) is 15.4. The van der Waals surface area contributed by atoms with Crippen LogP contribution in [0.3, 0.4) is 0 Å². The first-order valence-corrected chi connectivity index (χ1v) is 10.6. The summed E-state index contributed by atoms with van der Waals surface area (Å²) in [6.07, 6.45) is 0.653. The van der Waals surface area contributed by atoms with Crippen molar-refractivity contribution in [2.24, 2.45) is 5.73 Å². The van der Waals surface area contributed by atoms with Crippen molar-refractivity contribution in [3.63, 3.8) is 0 Å². The normalized spacial score (nSPS) is 13.6. The summed E-state index contributed by atoms with van der Waals surface area (Å²) in [6.45, 7) is 6.63. The lowest BCUT2D eigenvalue weighted by atomic mass is 9.94. The summed E-state index contributed by atoms with van der Waals surface area (Å²) in [6, 6.07) is 12.8. The molecule has 33 heavy (non-hydrogen) atoms. The largest absolute Gasteiger partial charge is 0.490 e. The molecule has 9 heteroatoms. The molecular formula is C24H26ClN5O3. The number of benzene rings is 2. The lowest BCUT2D eigenvalue weighted by molar-refractivity contribution is -0.133. The van der Waals surface area contributed by atoms with Crippen LogP contribution in [0, 0.1) is 11.3 Å². The van der Waals surface area contributed by atoms with Crippen molar-refractivity contribution in [3.8, 4) is 34.7 Å². The van der Waals surface area contributed by atoms with E-state index in [1.807, 2.05) is 32.0 Å². The van der Waals surface area contributed by atoms with Gasteiger partial charge in [0.2, 0.25) is 11.7 Å². The highest BCUT2D eigenvalue weighted by Crippen LogP contribution is 2.31. The van der Waals surface area contributed by atoms with Gasteiger partial charge in [-0.3, -0.25) is 4.79 Å². The quantitative estimate of drug-likeness (QED) is 0.607. The molecule has 4 rings (SSSR count). The van der Waals surface area contributed by atoms with E-state index in [4.69, 9.17) is 15.0 Å². The Hall–Kier alpha value is -3.41. The van der Waals surface area contributed by atoms with E-state index in [1.165, 1.54) is 0 Å². The molecule has 1 amide bonds. The van der Waals surface area contributed by atoms with Gasteiger partial charge in [-0.05, 0) is 56.5 Å². The number of aromatic nitrogens is 2. The van der Waals surface area contributed by atoms with Crippen molar-refractivity contribution in [2.45, 2.75) is 45.9 Å². The first-order valence-electron chi connectivity index (χ1n) is 10.6. The average molecular weight is 468 g/mol. The zero-order chi connectivity index (χ0) is 22.8. The SMILES string of the molecule is CC(C)Oc1ccc(-c2nc(-c3cccc4c3CCN(C(=O)[C@H](C)N)C4)no2)cc1C#N.Cl. The van der Waals surface area contributed by atoms with Crippen LogP contribution in [0.2, 0.25) is 0 Å². The van der Waals surface area contributed by atoms with Crippen molar-refractivity contribution < 1.29 is 14.1 Å². The van der Waals surface area contributed by atoms with Crippen LogP contribution in [0.4, 0.5) is 0 Å². The second kappa shape index (κ2) is 10.0. The van der Waals surface area contributed by atoms with Crippen LogP contribution in [0.5, 0.6) is 5.75 Å². The number of amides is 1. The Kier molecular flexibility index (Phi) is 7.36. The molecular weight excluding hydrogens is 442 g/mol. The molecule has 0 bridgehead atoms. The zero-order valence-electron chi connectivity index (χ0n) is 18.7. The van der Waals surface area contributed by atoms with Crippen molar-refractivity contribution in [1.29, 1.82) is 5.26 Å². The van der Waals surface area contributed by atoms with Gasteiger partial charge in [0.1, 0.15) is 11.8 Å². The van der Waals surface area contributed by atoms with Gasteiger partial charge in [-0.25, -0.2) is 0 Å². The summed E-state index contributed by atoms with van der Waals surface area (Å²) in [5.41, 5.74) is 9.86. The van der Waals surface area contributed by atoms with Gasteiger partial charge in [0.15, 0.2) is 0 Å². The predicted octanol–water partition coefficient (Wildman–Crippen LogP) is 3.72. The standard InChI is InChI=1S/C24H25N5O3.ClH/c1-14(2)31-21-8-7-16(11-18(21)12-25)23-27-22(28-32-23)20-6-4-5-17-13-29(10-9-19(17)20)24(30)15(3)26;/h4-8,11,14-15H,9-10,13,26H2,1-3H3;1H/t15-;/m0./s1. The van der Waals surface area contributed by atoms with Gasteiger partial charge >= 0.3 is 0 Å². The maximum absolute atomic E-state index is 12.3. The lowest BCUT2D eigenvalue weighted by Crippen LogP contribution is -2.44. The van der Waals surface area contributed by atoms with E-state index in [2.05, 4.69) is 16.2 Å². The molecule has 172 valence electrons. The Morgan fingerprint density at radius 3 is 2.76 bits per heavy atom. The molecule has 0 spiro atoms. The fourth-order valence-electron chi connectivity index (χ4n) is 3.85. The van der Waals surface area contributed by atoms with Crippen molar-refractivity contribution in [1.82, 2.24) is 15.0 Å². The molecule has 2 heterocycles. The summed E-state index contributed by atoms with van der Waals surface area (Å²) in [5, 5.41) is 13.7. The van der Waals surface area contributed by atoms with E-state index in [1.54, 1.807) is 30.0 Å². The summed E-state index contributed by atoms with van der Waals surface area (Å²) in [5.74, 6) is 1.27. The van der Waals surface area contributed by atoms with Gasteiger partial charge < -0.3 is 19.9 Å². The van der Waals surface area contributed by atoms with Gasteiger partial charge in [0, 0.05) is 24.2 Å².